The summed E-state index contributed by atoms with van der Waals surface area (Å²) in [4.78, 5) is 32.3. The maximum atomic E-state index is 13.9. The number of carbonyl (C=O) groups is 1. The summed E-state index contributed by atoms with van der Waals surface area (Å²) in [5.74, 6) is 0.460. The number of hydrogen-bond acceptors (Lipinski definition) is 7. The average Bonchev–Trinajstić information content (AvgIpc) is 3.24. The maximum Gasteiger partial charge on any atom is 0.338 e. The molecule has 1 aromatic heterocycles. The van der Waals surface area contributed by atoms with Crippen molar-refractivity contribution in [3.63, 3.8) is 0 Å². The van der Waals surface area contributed by atoms with E-state index < -0.39 is 12.0 Å². The second kappa shape index (κ2) is 10.5. The molecule has 0 N–H and O–H groups in total. The SMILES string of the molecule is C=CCOC(=O)C1=C(C)N=c2s/c(=C\c3cccc4ccccc34)c(=O)n2[C@H]1c1ccc(OC)c(OC)c1. The van der Waals surface area contributed by atoms with Gasteiger partial charge in [0.15, 0.2) is 16.3 Å². The standard InChI is InChI=1S/C30H26N2O5S/c1-5-15-37-29(34)26-18(2)31-30-32(27(26)21-13-14-23(35-3)24(16-21)36-4)28(33)25(38-30)17-20-11-8-10-19-9-6-7-12-22(19)20/h5-14,16-17,27H,1,15H2,2-4H3/b25-17-/t27-/m0/s1. The Balaban J connectivity index is 1.75. The van der Waals surface area contributed by atoms with Crippen molar-refractivity contribution in [3.8, 4) is 11.5 Å². The van der Waals surface area contributed by atoms with Gasteiger partial charge in [0.2, 0.25) is 0 Å². The highest BCUT2D eigenvalue weighted by Gasteiger charge is 2.34. The molecule has 4 aromatic rings. The van der Waals surface area contributed by atoms with Crippen molar-refractivity contribution in [2.75, 3.05) is 20.8 Å². The molecular weight excluding hydrogens is 500 g/mol. The summed E-state index contributed by atoms with van der Waals surface area (Å²) in [5.41, 5.74) is 2.11. The van der Waals surface area contributed by atoms with E-state index in [2.05, 4.69) is 11.6 Å². The Morgan fingerprint density at radius 1 is 1.08 bits per heavy atom. The molecule has 1 aliphatic rings. The third kappa shape index (κ3) is 4.43. The molecule has 7 nitrogen and oxygen atoms in total. The van der Waals surface area contributed by atoms with E-state index in [1.165, 1.54) is 24.5 Å². The van der Waals surface area contributed by atoms with Gasteiger partial charge in [0.1, 0.15) is 6.61 Å². The van der Waals surface area contributed by atoms with Gasteiger partial charge in [0.25, 0.3) is 5.56 Å². The predicted octanol–water partition coefficient (Wildman–Crippen LogP) is 4.13. The van der Waals surface area contributed by atoms with Crippen LogP contribution in [0.15, 0.2) is 94.4 Å². The molecule has 0 bridgehead atoms. The lowest BCUT2D eigenvalue weighted by molar-refractivity contribution is -0.138. The molecule has 1 aliphatic heterocycles. The molecule has 0 amide bonds. The van der Waals surface area contributed by atoms with E-state index in [0.717, 1.165) is 16.3 Å². The Hall–Kier alpha value is -4.43. The lowest BCUT2D eigenvalue weighted by atomic mass is 9.95. The first-order valence-corrected chi connectivity index (χ1v) is 12.8. The lowest BCUT2D eigenvalue weighted by Gasteiger charge is -2.25. The predicted molar refractivity (Wildman–Crippen MR) is 148 cm³/mol. The van der Waals surface area contributed by atoms with Crippen LogP contribution in [0.5, 0.6) is 11.5 Å². The van der Waals surface area contributed by atoms with Crippen LogP contribution in [0.2, 0.25) is 0 Å². The molecule has 0 aliphatic carbocycles. The van der Waals surface area contributed by atoms with Crippen molar-refractivity contribution in [2.24, 2.45) is 4.99 Å². The van der Waals surface area contributed by atoms with Crippen LogP contribution in [-0.2, 0) is 9.53 Å². The molecule has 192 valence electrons. The van der Waals surface area contributed by atoms with Crippen LogP contribution in [0.25, 0.3) is 16.8 Å². The van der Waals surface area contributed by atoms with Gasteiger partial charge < -0.3 is 14.2 Å². The first-order chi connectivity index (χ1) is 18.5. The number of benzene rings is 3. The van der Waals surface area contributed by atoms with E-state index >= 15 is 0 Å². The molecule has 3 aromatic carbocycles. The Morgan fingerprint density at radius 3 is 2.61 bits per heavy atom. The third-order valence-electron chi connectivity index (χ3n) is 6.41. The fourth-order valence-corrected chi connectivity index (χ4v) is 5.69. The molecule has 0 unspecified atom stereocenters. The monoisotopic (exact) mass is 526 g/mol. The minimum absolute atomic E-state index is 0.0414. The van der Waals surface area contributed by atoms with Crippen molar-refractivity contribution in [3.05, 3.63) is 115 Å². The molecule has 2 heterocycles. The fraction of sp³-hybridized carbons (Fsp3) is 0.167. The van der Waals surface area contributed by atoms with Crippen molar-refractivity contribution < 1.29 is 19.0 Å². The van der Waals surface area contributed by atoms with Gasteiger partial charge in [0, 0.05) is 0 Å². The number of carbonyl (C=O) groups excluding carboxylic acids is 1. The molecule has 8 heteroatoms. The molecule has 0 spiro atoms. The van der Waals surface area contributed by atoms with Gasteiger partial charge in [-0.15, -0.1) is 0 Å². The number of hydrogen-bond donors (Lipinski definition) is 0. The Morgan fingerprint density at radius 2 is 1.84 bits per heavy atom. The van der Waals surface area contributed by atoms with Crippen molar-refractivity contribution in [1.82, 2.24) is 4.57 Å². The number of fused-ring (bicyclic) bond motifs is 2. The van der Waals surface area contributed by atoms with Crippen LogP contribution >= 0.6 is 11.3 Å². The molecule has 38 heavy (non-hydrogen) atoms. The maximum absolute atomic E-state index is 13.9. The molecule has 1 atom stereocenters. The minimum Gasteiger partial charge on any atom is -0.493 e. The second-order valence-corrected chi connectivity index (χ2v) is 9.66. The highest BCUT2D eigenvalue weighted by atomic mass is 32.1. The number of methoxy groups -OCH3 is 2. The van der Waals surface area contributed by atoms with E-state index in [1.807, 2.05) is 54.6 Å². The fourth-order valence-electron chi connectivity index (χ4n) is 4.65. The zero-order valence-electron chi connectivity index (χ0n) is 21.3. The number of allylic oxidation sites excluding steroid dienone is 1. The second-order valence-electron chi connectivity index (χ2n) is 8.65. The van der Waals surface area contributed by atoms with Crippen LogP contribution in [0.3, 0.4) is 0 Å². The van der Waals surface area contributed by atoms with Crippen molar-refractivity contribution in [2.45, 2.75) is 13.0 Å². The van der Waals surface area contributed by atoms with E-state index in [1.54, 1.807) is 30.7 Å². The Kier molecular flexibility index (Phi) is 6.98. The first kappa shape index (κ1) is 25.2. The number of esters is 1. The summed E-state index contributed by atoms with van der Waals surface area (Å²) in [5, 5.41) is 2.13. The Bertz CT molecular complexity index is 1780. The summed E-state index contributed by atoms with van der Waals surface area (Å²) < 4.78 is 18.4. The molecular formula is C30H26N2O5S. The smallest absolute Gasteiger partial charge is 0.338 e. The zero-order chi connectivity index (χ0) is 26.8. The number of nitrogens with zero attached hydrogens (tertiary/aromatic N) is 2. The largest absolute Gasteiger partial charge is 0.493 e. The van der Waals surface area contributed by atoms with E-state index in [4.69, 9.17) is 14.2 Å². The van der Waals surface area contributed by atoms with E-state index in [-0.39, 0.29) is 17.7 Å². The van der Waals surface area contributed by atoms with Gasteiger partial charge in [-0.1, -0.05) is 72.5 Å². The van der Waals surface area contributed by atoms with Crippen LogP contribution in [0.4, 0.5) is 0 Å². The van der Waals surface area contributed by atoms with Crippen molar-refractivity contribution >= 4 is 34.2 Å². The summed E-state index contributed by atoms with van der Waals surface area (Å²) in [7, 11) is 3.09. The number of ether oxygens (including phenoxy) is 3. The van der Waals surface area contributed by atoms with Gasteiger partial charge >= 0.3 is 5.97 Å². The number of thiazole rings is 1. The summed E-state index contributed by atoms with van der Waals surface area (Å²) in [6, 6.07) is 18.6. The van der Waals surface area contributed by atoms with Crippen LogP contribution in [-0.4, -0.2) is 31.4 Å². The molecule has 0 radical (unpaired) electrons. The molecule has 5 rings (SSSR count). The van der Waals surface area contributed by atoms with Gasteiger partial charge in [-0.25, -0.2) is 9.79 Å². The van der Waals surface area contributed by atoms with Crippen molar-refractivity contribution in [1.29, 1.82) is 0 Å². The Labute approximate surface area is 223 Å². The van der Waals surface area contributed by atoms with E-state index in [0.29, 0.717) is 32.1 Å². The summed E-state index contributed by atoms with van der Waals surface area (Å²) >= 11 is 1.29. The number of rotatable bonds is 7. The lowest BCUT2D eigenvalue weighted by Crippen LogP contribution is -2.40. The summed E-state index contributed by atoms with van der Waals surface area (Å²) in [6.45, 7) is 5.42. The molecule has 0 saturated carbocycles. The van der Waals surface area contributed by atoms with Gasteiger partial charge in [-0.05, 0) is 47.0 Å². The zero-order valence-corrected chi connectivity index (χ0v) is 22.1. The quantitative estimate of drug-likeness (QED) is 0.267. The van der Waals surface area contributed by atoms with Crippen LogP contribution in [0.1, 0.15) is 24.1 Å². The van der Waals surface area contributed by atoms with Gasteiger partial charge in [0.05, 0.1) is 36.1 Å². The normalized spacial score (nSPS) is 15.1. The third-order valence-corrected chi connectivity index (χ3v) is 7.39. The average molecular weight is 527 g/mol. The summed E-state index contributed by atoms with van der Waals surface area (Å²) in [6.07, 6.45) is 3.38. The molecule has 0 fully saturated rings. The van der Waals surface area contributed by atoms with Gasteiger partial charge in [-0.3, -0.25) is 9.36 Å². The van der Waals surface area contributed by atoms with Crippen LogP contribution < -0.4 is 24.4 Å². The van der Waals surface area contributed by atoms with Crippen LogP contribution in [0, 0.1) is 0 Å². The highest BCUT2D eigenvalue weighted by molar-refractivity contribution is 7.07. The van der Waals surface area contributed by atoms with E-state index in [9.17, 15) is 9.59 Å². The molecule has 0 saturated heterocycles. The topological polar surface area (TPSA) is 79.1 Å². The van der Waals surface area contributed by atoms with Gasteiger partial charge in [-0.2, -0.15) is 0 Å². The first-order valence-electron chi connectivity index (χ1n) is 12.0. The minimum atomic E-state index is -0.766. The number of aromatic nitrogens is 1. The highest BCUT2D eigenvalue weighted by Crippen LogP contribution is 2.36.